The highest BCUT2D eigenvalue weighted by Crippen LogP contribution is 2.37. The van der Waals surface area contributed by atoms with E-state index in [1.165, 1.54) is 26.9 Å². The number of benzene rings is 7. The molecule has 5 aromatic heterocycles. The number of aromatic nitrogens is 5. The van der Waals surface area contributed by atoms with E-state index in [4.69, 9.17) is 40.3 Å². The van der Waals surface area contributed by atoms with Crippen molar-refractivity contribution >= 4 is 84.7 Å². The lowest BCUT2D eigenvalue weighted by Gasteiger charge is -2.30. The number of rotatable bonds is 14. The van der Waals surface area contributed by atoms with E-state index in [1.54, 1.807) is 51.7 Å². The Bertz CT molecular complexity index is 4460. The minimum absolute atomic E-state index is 0. The van der Waals surface area contributed by atoms with Crippen molar-refractivity contribution in [3.63, 3.8) is 0 Å². The van der Waals surface area contributed by atoms with Crippen LogP contribution >= 0.6 is 0 Å². The van der Waals surface area contributed by atoms with Gasteiger partial charge in [0.2, 0.25) is 0 Å². The fourth-order valence-electron chi connectivity index (χ4n) is 10.7. The highest BCUT2D eigenvalue weighted by atomic mass is 16.5. The lowest BCUT2D eigenvalue weighted by Crippen LogP contribution is -2.45. The van der Waals surface area contributed by atoms with E-state index >= 15 is 0 Å². The van der Waals surface area contributed by atoms with E-state index in [9.17, 15) is 24.0 Å². The van der Waals surface area contributed by atoms with Gasteiger partial charge in [0, 0.05) is 97.5 Å². The van der Waals surface area contributed by atoms with Crippen LogP contribution in [0.4, 0.5) is 0 Å². The summed E-state index contributed by atoms with van der Waals surface area (Å²) in [5.74, 6) is 0.286. The van der Waals surface area contributed by atoms with Gasteiger partial charge in [-0.2, -0.15) is 0 Å². The van der Waals surface area contributed by atoms with Crippen molar-refractivity contribution in [2.75, 3.05) is 42.7 Å². The monoisotopic (exact) mass is 1240 g/mol. The Morgan fingerprint density at radius 3 is 1.58 bits per heavy atom. The minimum Gasteiger partial charge on any atom is -0.497 e. The standard InChI is InChI=1S/C20H20N2O3.C20H16N2O3.C12H14N2O2.C11H12N2O2.C8H8O2.H2O/c2*1-24-13-9-7-12(8-10-13)18-19-15(11-17(22-18)20(23)25-2)14-5-3-4-6-16(14)21-19;1-16-12(15)10(13)6-8-7-14-11-5-3-2-4-9(8)11;12-9(11(14)15)5-7-6-13-10-4-2-1-3-8(7)10;1-10-8-4-2-7(6-9)3-5-8;/h3-10,17-18,21-22H,11H2,1-2H3;3-11,21H,1-2H3;2-5,7,10,14H,6,13H2,1H3;1-4,6,9,13H,5,12H2,(H,14,15);2-6H,1H3;1H2/t17-,18?;;10-;9-;;/m0.00../s1. The molecule has 0 saturated heterocycles. The number of ether oxygens (including phenoxy) is 6. The van der Waals surface area contributed by atoms with Crippen LogP contribution in [-0.2, 0) is 47.9 Å². The molecule has 92 heavy (non-hydrogen) atoms. The Kier molecular flexibility index (Phi) is 22.8. The third-order valence-corrected chi connectivity index (χ3v) is 15.4. The number of aromatic amines is 4. The molecule has 1 aliphatic rings. The Morgan fingerprint density at radius 1 is 0.576 bits per heavy atom. The van der Waals surface area contributed by atoms with E-state index in [0.717, 1.165) is 106 Å². The maximum absolute atomic E-state index is 12.2. The Hall–Kier alpha value is -11.1. The van der Waals surface area contributed by atoms with Crippen molar-refractivity contribution in [1.29, 1.82) is 0 Å². The molecule has 21 heteroatoms. The highest BCUT2D eigenvalue weighted by Gasteiger charge is 2.34. The molecule has 0 bridgehead atoms. The first-order valence-corrected chi connectivity index (χ1v) is 28.9. The van der Waals surface area contributed by atoms with Gasteiger partial charge in [0.1, 0.15) is 47.4 Å². The third-order valence-electron chi connectivity index (χ3n) is 15.4. The van der Waals surface area contributed by atoms with Gasteiger partial charge < -0.3 is 70.4 Å². The molecule has 1 unspecified atom stereocenters. The largest absolute Gasteiger partial charge is 0.497 e. The molecular formula is C71H72N8O13. The second kappa shape index (κ2) is 31.4. The van der Waals surface area contributed by atoms with Crippen LogP contribution in [0, 0.1) is 0 Å². The van der Waals surface area contributed by atoms with Crippen LogP contribution in [-0.4, -0.2) is 126 Å². The number of nitrogens with two attached hydrogens (primary N) is 2. The number of H-pyrrole nitrogens is 4. The number of aldehydes is 1. The maximum atomic E-state index is 12.2. The Morgan fingerprint density at radius 2 is 1.07 bits per heavy atom. The number of pyridine rings is 1. The molecule has 0 amide bonds. The van der Waals surface area contributed by atoms with Crippen molar-refractivity contribution in [3.05, 3.63) is 228 Å². The van der Waals surface area contributed by atoms with Crippen molar-refractivity contribution in [2.24, 2.45) is 11.5 Å². The first kappa shape index (κ1) is 66.8. The van der Waals surface area contributed by atoms with Crippen LogP contribution in [0.5, 0.6) is 17.2 Å². The number of para-hydroxylation sites is 4. The average Bonchev–Trinajstić information content (AvgIpc) is 1.61. The summed E-state index contributed by atoms with van der Waals surface area (Å²) in [6.07, 6.45) is 5.94. The molecule has 0 fully saturated rings. The summed E-state index contributed by atoms with van der Waals surface area (Å²) in [7, 11) is 9.00. The summed E-state index contributed by atoms with van der Waals surface area (Å²) in [6, 6.07) is 54.1. The van der Waals surface area contributed by atoms with Gasteiger partial charge in [-0.1, -0.05) is 84.9 Å². The lowest BCUT2D eigenvalue weighted by atomic mass is 9.90. The molecule has 21 nitrogen and oxygen atoms in total. The summed E-state index contributed by atoms with van der Waals surface area (Å²) in [5, 5.41) is 17.4. The van der Waals surface area contributed by atoms with E-state index in [-0.39, 0.29) is 35.2 Å². The molecule has 0 aliphatic carbocycles. The molecule has 12 N–H and O–H groups in total. The number of fused-ring (bicyclic) bond motifs is 8. The van der Waals surface area contributed by atoms with Crippen LogP contribution in [0.2, 0.25) is 0 Å². The van der Waals surface area contributed by atoms with Gasteiger partial charge in [-0.15, -0.1) is 0 Å². The summed E-state index contributed by atoms with van der Waals surface area (Å²) in [4.78, 5) is 74.0. The molecule has 12 aromatic rings. The van der Waals surface area contributed by atoms with Crippen LogP contribution in [0.15, 0.2) is 188 Å². The van der Waals surface area contributed by atoms with Crippen molar-refractivity contribution in [2.45, 2.75) is 43.4 Å². The van der Waals surface area contributed by atoms with Gasteiger partial charge in [-0.3, -0.25) is 24.5 Å². The number of nitrogens with one attached hydrogen (secondary N) is 5. The zero-order chi connectivity index (χ0) is 64.6. The molecule has 0 spiro atoms. The van der Waals surface area contributed by atoms with E-state index in [2.05, 4.69) is 47.1 Å². The van der Waals surface area contributed by atoms with Gasteiger partial charge in [0.05, 0.1) is 59.9 Å². The zero-order valence-electron chi connectivity index (χ0n) is 51.4. The number of nitrogens with zero attached hydrogens (tertiary/aromatic N) is 1. The number of methoxy groups -OCH3 is 6. The number of carbonyl (C=O) groups excluding carboxylic acids is 4. The molecule has 6 heterocycles. The van der Waals surface area contributed by atoms with Gasteiger partial charge in [0.25, 0.3) is 0 Å². The van der Waals surface area contributed by atoms with E-state index in [1.807, 2.05) is 146 Å². The molecule has 474 valence electrons. The quantitative estimate of drug-likeness (QED) is 0.0285. The van der Waals surface area contributed by atoms with E-state index in [0.29, 0.717) is 30.5 Å². The molecule has 7 aromatic carbocycles. The summed E-state index contributed by atoms with van der Waals surface area (Å²) >= 11 is 0. The van der Waals surface area contributed by atoms with Gasteiger partial charge in [-0.25, -0.2) is 9.78 Å². The third kappa shape index (κ3) is 15.7. The number of carboxylic acids is 1. The normalized spacial score (nSPS) is 13.5. The summed E-state index contributed by atoms with van der Waals surface area (Å²) in [6.45, 7) is 0. The average molecular weight is 1250 g/mol. The van der Waals surface area contributed by atoms with Crippen molar-refractivity contribution in [1.82, 2.24) is 30.2 Å². The van der Waals surface area contributed by atoms with Crippen LogP contribution in [0.3, 0.4) is 0 Å². The van der Waals surface area contributed by atoms with Crippen LogP contribution in [0.25, 0.3) is 65.8 Å². The van der Waals surface area contributed by atoms with Gasteiger partial charge >= 0.3 is 23.9 Å². The topological polar surface area (TPSA) is 333 Å². The summed E-state index contributed by atoms with van der Waals surface area (Å²) < 4.78 is 29.8. The van der Waals surface area contributed by atoms with Gasteiger partial charge in [-0.05, 0) is 113 Å². The second-order valence-electron chi connectivity index (χ2n) is 21.0. The maximum Gasteiger partial charge on any atom is 0.356 e. The number of esters is 3. The Balaban J connectivity index is 0.000000153. The lowest BCUT2D eigenvalue weighted by molar-refractivity contribution is -0.143. The number of carboxylic acid groups (broad SMARTS) is 1. The number of aliphatic carboxylic acids is 1. The summed E-state index contributed by atoms with van der Waals surface area (Å²) in [5.41, 5.74) is 24.1. The van der Waals surface area contributed by atoms with Crippen LogP contribution in [0.1, 0.15) is 54.8 Å². The molecule has 13 rings (SSSR count). The fraction of sp³-hybridized carbons (Fsp3) is 0.183. The first-order chi connectivity index (χ1) is 44.2. The number of carbonyl (C=O) groups is 5. The predicted molar refractivity (Wildman–Crippen MR) is 354 cm³/mol. The molecule has 1 aliphatic heterocycles. The molecule has 0 radical (unpaired) electrons. The SMILES string of the molecule is COC(=O)[C@@H](N)Cc1c[nH]c2ccccc12.COC(=O)[C@@H]1Cc2c([nH]c3ccccc23)C(c2ccc(OC)cc2)N1.COC(=O)c1cc2c([nH]c3ccccc32)c(-c2ccc(OC)cc2)n1.COc1ccc(C=O)cc1.N[C@@H](Cc1c[nH]c2ccccc12)C(=O)O.O. The van der Waals surface area contributed by atoms with Crippen molar-refractivity contribution in [3.8, 4) is 28.5 Å². The Labute approximate surface area is 529 Å². The fourth-order valence-corrected chi connectivity index (χ4v) is 10.7. The van der Waals surface area contributed by atoms with Gasteiger partial charge in [0.15, 0.2) is 0 Å². The first-order valence-electron chi connectivity index (χ1n) is 28.9. The predicted octanol–water partition coefficient (Wildman–Crippen LogP) is 10.1. The van der Waals surface area contributed by atoms with Crippen LogP contribution < -0.4 is 31.0 Å². The zero-order valence-corrected chi connectivity index (χ0v) is 51.4. The number of hydrogen-bond donors (Lipinski definition) is 8. The van der Waals surface area contributed by atoms with Crippen molar-refractivity contribution < 1.29 is 63.0 Å². The van der Waals surface area contributed by atoms with E-state index < -0.39 is 24.0 Å². The minimum atomic E-state index is -0.972. The molecule has 0 saturated carbocycles. The number of hydrogen-bond acceptors (Lipinski definition) is 15. The highest BCUT2D eigenvalue weighted by molar-refractivity contribution is 6.12. The smallest absolute Gasteiger partial charge is 0.356 e. The molecular weight excluding hydrogens is 1170 g/mol. The second-order valence-corrected chi connectivity index (χ2v) is 21.0. The molecule has 4 atom stereocenters.